The third-order valence-electron chi connectivity index (χ3n) is 9.85. The Morgan fingerprint density at radius 3 is 1.94 bits per heavy atom. The van der Waals surface area contributed by atoms with Gasteiger partial charge in [0, 0.05) is 11.1 Å². The topological polar surface area (TPSA) is 78.9 Å². The third kappa shape index (κ3) is 12.1. The van der Waals surface area contributed by atoms with Crippen LogP contribution in [0.15, 0.2) is 88.4 Å². The molecule has 1 unspecified atom stereocenters. The summed E-state index contributed by atoms with van der Waals surface area (Å²) in [5, 5.41) is -0.969. The summed E-state index contributed by atoms with van der Waals surface area (Å²) in [6, 6.07) is 14.4. The molecule has 0 radical (unpaired) electrons. The number of hydrogen-bond acceptors (Lipinski definition) is 6. The molecule has 0 saturated heterocycles. The van der Waals surface area contributed by atoms with Crippen molar-refractivity contribution in [3.8, 4) is 11.5 Å². The van der Waals surface area contributed by atoms with Crippen molar-refractivity contribution in [1.82, 2.24) is 0 Å². The average molecular weight is 727 g/mol. The van der Waals surface area contributed by atoms with E-state index in [2.05, 4.69) is 73.8 Å². The molecule has 0 amide bonds. The van der Waals surface area contributed by atoms with E-state index in [1.807, 2.05) is 39.0 Å². The van der Waals surface area contributed by atoms with Crippen LogP contribution in [-0.2, 0) is 25.8 Å². The molecule has 0 heterocycles. The van der Waals surface area contributed by atoms with Crippen molar-refractivity contribution in [2.75, 3.05) is 7.11 Å². The summed E-state index contributed by atoms with van der Waals surface area (Å²) in [4.78, 5) is 13.5. The fraction of sp³-hybridized carbons (Fsp3) is 0.525. The van der Waals surface area contributed by atoms with E-state index >= 15 is 0 Å². The Morgan fingerprint density at radius 2 is 1.41 bits per heavy atom. The van der Waals surface area contributed by atoms with E-state index in [1.165, 1.54) is 12.7 Å². The van der Waals surface area contributed by atoms with Crippen LogP contribution in [0.3, 0.4) is 0 Å². The molecule has 9 heteroatoms. The normalized spacial score (nSPS) is 14.2. The number of methoxy groups -OCH3 is 1. The summed E-state index contributed by atoms with van der Waals surface area (Å²) in [6.07, 6.45) is 7.59. The monoisotopic (exact) mass is 726 g/mol. The van der Waals surface area contributed by atoms with Crippen LogP contribution in [-0.4, -0.2) is 43.4 Å². The Morgan fingerprint density at radius 1 is 0.837 bits per heavy atom. The van der Waals surface area contributed by atoms with E-state index in [-0.39, 0.29) is 21.4 Å². The zero-order valence-corrected chi connectivity index (χ0v) is 35.4. The number of esters is 1. The zero-order valence-electron chi connectivity index (χ0n) is 32.6. The van der Waals surface area contributed by atoms with Crippen LogP contribution < -0.4 is 8.85 Å². The Hall–Kier alpha value is -2.89. The van der Waals surface area contributed by atoms with Gasteiger partial charge in [0.1, 0.15) is 11.5 Å². The minimum atomic E-state index is -3.82. The van der Waals surface area contributed by atoms with Crippen molar-refractivity contribution < 1.29 is 26.8 Å². The maximum atomic E-state index is 14.1. The first-order chi connectivity index (χ1) is 22.4. The van der Waals surface area contributed by atoms with Gasteiger partial charge in [0.05, 0.1) is 17.3 Å². The molecule has 0 fully saturated rings. The SMILES string of the molecule is COC(=O)C(=CCc1cc(O[Si](C)(C)C(C)(C)C)ccc1O[Si](C)(C)C(C)(C)C)CC(C=C(C)CCC=C(C)C)S(=O)(=O)c1ccccc1. The Balaban J connectivity index is 2.68. The summed E-state index contributed by atoms with van der Waals surface area (Å²) >= 11 is 0. The van der Waals surface area contributed by atoms with E-state index in [0.717, 1.165) is 35.5 Å². The largest absolute Gasteiger partial charge is 0.543 e. The van der Waals surface area contributed by atoms with E-state index in [9.17, 15) is 13.2 Å². The first-order valence-corrected chi connectivity index (χ1v) is 24.7. The van der Waals surface area contributed by atoms with Gasteiger partial charge in [-0.1, -0.05) is 89.1 Å². The van der Waals surface area contributed by atoms with Gasteiger partial charge < -0.3 is 13.6 Å². The van der Waals surface area contributed by atoms with Gasteiger partial charge in [0.25, 0.3) is 0 Å². The van der Waals surface area contributed by atoms with Crippen LogP contribution in [0, 0.1) is 0 Å². The molecule has 272 valence electrons. The molecule has 0 aliphatic heterocycles. The van der Waals surface area contributed by atoms with Crippen molar-refractivity contribution in [3.63, 3.8) is 0 Å². The van der Waals surface area contributed by atoms with Gasteiger partial charge in [-0.15, -0.1) is 0 Å². The van der Waals surface area contributed by atoms with Crippen LogP contribution in [0.2, 0.25) is 36.3 Å². The predicted octanol–water partition coefficient (Wildman–Crippen LogP) is 11.0. The lowest BCUT2D eigenvalue weighted by Crippen LogP contribution is -2.44. The molecule has 0 spiro atoms. The van der Waals surface area contributed by atoms with Crippen LogP contribution >= 0.6 is 0 Å². The summed E-state index contributed by atoms with van der Waals surface area (Å²) in [6.45, 7) is 28.1. The second-order valence-electron chi connectivity index (χ2n) is 16.4. The van der Waals surface area contributed by atoms with Crippen molar-refractivity contribution >= 4 is 32.4 Å². The molecular formula is C40H62O6SSi2. The fourth-order valence-corrected chi connectivity index (χ4v) is 8.39. The minimum absolute atomic E-state index is 0.0119. The highest BCUT2D eigenvalue weighted by Crippen LogP contribution is 2.41. The number of allylic oxidation sites excluding steroid dienone is 4. The molecule has 0 bridgehead atoms. The number of benzene rings is 2. The van der Waals surface area contributed by atoms with Gasteiger partial charge in [-0.25, -0.2) is 13.2 Å². The highest BCUT2D eigenvalue weighted by molar-refractivity contribution is 7.92. The molecule has 0 aliphatic carbocycles. The van der Waals surface area contributed by atoms with Gasteiger partial charge in [0.15, 0.2) is 9.84 Å². The van der Waals surface area contributed by atoms with Crippen molar-refractivity contribution in [2.24, 2.45) is 0 Å². The lowest BCUT2D eigenvalue weighted by molar-refractivity contribution is -0.136. The lowest BCUT2D eigenvalue weighted by atomic mass is 10.0. The number of carbonyl (C=O) groups excluding carboxylic acids is 1. The second-order valence-corrected chi connectivity index (χ2v) is 28.0. The molecule has 0 saturated carbocycles. The Labute approximate surface area is 300 Å². The molecule has 6 nitrogen and oxygen atoms in total. The van der Waals surface area contributed by atoms with E-state index in [1.54, 1.807) is 42.5 Å². The Kier molecular flexibility index (Phi) is 14.6. The molecular weight excluding hydrogens is 665 g/mol. The van der Waals surface area contributed by atoms with Gasteiger partial charge in [-0.3, -0.25) is 0 Å². The lowest BCUT2D eigenvalue weighted by Gasteiger charge is -2.38. The second kappa shape index (κ2) is 16.9. The number of rotatable bonds is 15. The van der Waals surface area contributed by atoms with Crippen LogP contribution in [0.5, 0.6) is 11.5 Å². The van der Waals surface area contributed by atoms with E-state index in [4.69, 9.17) is 13.6 Å². The van der Waals surface area contributed by atoms with Gasteiger partial charge in [-0.05, 0) is 113 Å². The summed E-state index contributed by atoms with van der Waals surface area (Å²) in [5.41, 5.74) is 3.34. The highest BCUT2D eigenvalue weighted by Gasteiger charge is 2.41. The van der Waals surface area contributed by atoms with Crippen LogP contribution in [0.1, 0.15) is 87.1 Å². The van der Waals surface area contributed by atoms with Crippen LogP contribution in [0.4, 0.5) is 0 Å². The Bertz CT molecular complexity index is 1620. The van der Waals surface area contributed by atoms with Gasteiger partial charge >= 0.3 is 5.97 Å². The van der Waals surface area contributed by atoms with Crippen molar-refractivity contribution in [1.29, 1.82) is 0 Å². The maximum Gasteiger partial charge on any atom is 0.333 e. The fourth-order valence-electron chi connectivity index (χ4n) is 4.62. The standard InChI is InChI=1S/C40H62O6SSi2/c1-30(2)19-18-20-31(3)27-36(47(42,43)35-21-16-15-17-22-35)29-33(38(41)44-10)24-23-32-28-34(45-48(11,12)39(4,5)6)25-26-37(32)46-49(13,14)40(7,8)9/h15-17,19,21-22,24-28,36H,18,20,23,29H2,1-14H3. The quantitative estimate of drug-likeness (QED) is 0.0787. The number of sulfone groups is 1. The first kappa shape index (κ1) is 42.3. The predicted molar refractivity (Wildman–Crippen MR) is 210 cm³/mol. The molecule has 0 aromatic heterocycles. The summed E-state index contributed by atoms with van der Waals surface area (Å²) in [5.74, 6) is 0.958. The number of hydrogen-bond donors (Lipinski definition) is 0. The summed E-state index contributed by atoms with van der Waals surface area (Å²) < 4.78 is 46.8. The first-order valence-electron chi connectivity index (χ1n) is 17.3. The van der Waals surface area contributed by atoms with E-state index in [0.29, 0.717) is 12.0 Å². The molecule has 2 aromatic rings. The molecule has 1 atom stereocenters. The van der Waals surface area contributed by atoms with Gasteiger partial charge in [-0.2, -0.15) is 0 Å². The van der Waals surface area contributed by atoms with Crippen LogP contribution in [0.25, 0.3) is 0 Å². The van der Waals surface area contributed by atoms with Crippen molar-refractivity contribution in [3.05, 3.63) is 89.0 Å². The number of ether oxygens (including phenoxy) is 1. The highest BCUT2D eigenvalue weighted by atomic mass is 32.2. The molecule has 2 rings (SSSR count). The average Bonchev–Trinajstić information content (AvgIpc) is 2.98. The number of carbonyl (C=O) groups is 1. The smallest absolute Gasteiger partial charge is 0.333 e. The molecule has 0 aliphatic rings. The van der Waals surface area contributed by atoms with Gasteiger partial charge in [0.2, 0.25) is 16.6 Å². The molecule has 49 heavy (non-hydrogen) atoms. The third-order valence-corrected chi connectivity index (χ3v) is 20.6. The molecule has 2 aromatic carbocycles. The van der Waals surface area contributed by atoms with E-state index < -0.39 is 37.7 Å². The van der Waals surface area contributed by atoms with Crippen molar-refractivity contribution in [2.45, 2.75) is 134 Å². The molecule has 0 N–H and O–H groups in total. The summed E-state index contributed by atoms with van der Waals surface area (Å²) in [7, 11) is -6.85. The minimum Gasteiger partial charge on any atom is -0.543 e. The zero-order chi connectivity index (χ0) is 37.4. The maximum absolute atomic E-state index is 14.1.